The predicted octanol–water partition coefficient (Wildman–Crippen LogP) is 11.8. The average Bonchev–Trinajstić information content (AvgIpc) is 0.908. The molecule has 0 heterocycles. The van der Waals surface area contributed by atoms with E-state index in [-0.39, 0.29) is 138 Å². The van der Waals surface area contributed by atoms with Crippen molar-refractivity contribution >= 4 is 57.0 Å². The summed E-state index contributed by atoms with van der Waals surface area (Å²) in [5, 5.41) is 20.9. The Balaban J connectivity index is -0.00000936. The number of hydrogen-bond donors (Lipinski definition) is 7. The van der Waals surface area contributed by atoms with E-state index in [1.165, 1.54) is 64.2 Å². The van der Waals surface area contributed by atoms with Gasteiger partial charge in [0.2, 0.25) is 23.6 Å². The largest absolute Gasteiger partial charge is 1.00 e. The third kappa shape index (κ3) is 77.1. The summed E-state index contributed by atoms with van der Waals surface area (Å²) in [5.41, 5.74) is 0. The molecule has 0 aromatic carbocycles. The number of amides is 4. The van der Waals surface area contributed by atoms with Crippen LogP contribution in [-0.4, -0.2) is 153 Å². The van der Waals surface area contributed by atoms with Gasteiger partial charge in [0.1, 0.15) is 24.4 Å². The van der Waals surface area contributed by atoms with Crippen LogP contribution in [0.2, 0.25) is 0 Å². The molecule has 24 nitrogen and oxygen atoms in total. The van der Waals surface area contributed by atoms with Gasteiger partial charge in [0, 0.05) is 45.4 Å². The van der Waals surface area contributed by atoms with Crippen molar-refractivity contribution in [2.24, 2.45) is 0 Å². The Kier molecular flexibility index (Phi) is 81.5. The van der Waals surface area contributed by atoms with E-state index in [1.54, 1.807) is 0 Å². The molecular formula is C81H154N4Na2O20P2. The number of rotatable bonds is 80. The molecule has 7 atom stereocenters. The fourth-order valence-corrected chi connectivity index (χ4v) is 13.4. The second-order valence-corrected chi connectivity index (χ2v) is 31.6. The predicted molar refractivity (Wildman–Crippen MR) is 427 cm³/mol. The normalized spacial score (nSPS) is 14.0. The van der Waals surface area contributed by atoms with Crippen molar-refractivity contribution in [3.8, 4) is 0 Å². The first kappa shape index (κ1) is 111. The van der Waals surface area contributed by atoms with Gasteiger partial charge < -0.3 is 58.0 Å². The average molecular weight is 1610 g/mol. The van der Waals surface area contributed by atoms with E-state index in [4.69, 9.17) is 37.0 Å². The fraction of sp³-hybridized carbons (Fsp3) is 0.864. The quantitative estimate of drug-likeness (QED) is 0.00743. The number of phosphoric acid groups is 2. The van der Waals surface area contributed by atoms with E-state index >= 15 is 0 Å². The number of ketones is 1. The molecule has 4 unspecified atom stereocenters. The van der Waals surface area contributed by atoms with Crippen LogP contribution < -0.4 is 80.4 Å². The van der Waals surface area contributed by atoms with Gasteiger partial charge in [-0.15, -0.1) is 0 Å². The summed E-state index contributed by atoms with van der Waals surface area (Å²) in [6.07, 6.45) is 48.2. The summed E-state index contributed by atoms with van der Waals surface area (Å²) < 4.78 is 70.7. The molecule has 0 aliphatic carbocycles. The minimum absolute atomic E-state index is 0. The molecule has 0 fully saturated rings. The number of esters is 2. The Morgan fingerprint density at radius 2 is 0.725 bits per heavy atom. The minimum Gasteiger partial charge on any atom is -1.00 e. The first-order valence-electron chi connectivity index (χ1n) is 42.1. The van der Waals surface area contributed by atoms with Gasteiger partial charge in [-0.25, -0.2) is 9.13 Å². The molecule has 28 heteroatoms. The molecule has 4 amide bonds. The number of hydrogen-bond acceptors (Lipinski definition) is 18. The number of aliphatic hydroxyl groups is 1. The number of ether oxygens (including phenoxy) is 4. The Hall–Kier alpha value is -1.93. The molecule has 0 rings (SSSR count). The van der Waals surface area contributed by atoms with Crippen LogP contribution >= 0.6 is 15.6 Å². The molecule has 109 heavy (non-hydrogen) atoms. The monoisotopic (exact) mass is 1610 g/mol. The van der Waals surface area contributed by atoms with Gasteiger partial charge in [0.25, 0.3) is 0 Å². The summed E-state index contributed by atoms with van der Waals surface area (Å²) >= 11 is 0. The first-order chi connectivity index (χ1) is 51.7. The van der Waals surface area contributed by atoms with Gasteiger partial charge in [-0.05, 0) is 96.3 Å². The molecule has 0 aliphatic rings. The van der Waals surface area contributed by atoms with Crippen LogP contribution in [0.1, 0.15) is 359 Å². The Labute approximate surface area is 706 Å². The third-order valence-corrected chi connectivity index (χ3v) is 20.2. The van der Waals surface area contributed by atoms with Crippen molar-refractivity contribution < 1.29 is 157 Å². The maximum absolute atomic E-state index is 13.7. The number of aliphatic hydroxyl groups excluding tert-OH is 1. The van der Waals surface area contributed by atoms with E-state index in [0.29, 0.717) is 57.8 Å². The van der Waals surface area contributed by atoms with Gasteiger partial charge in [-0.1, -0.05) is 239 Å². The summed E-state index contributed by atoms with van der Waals surface area (Å²) in [6.45, 7) is 10.1. The third-order valence-electron chi connectivity index (χ3n) is 18.2. The van der Waals surface area contributed by atoms with E-state index in [0.717, 1.165) is 161 Å². The van der Waals surface area contributed by atoms with Crippen molar-refractivity contribution in [2.45, 2.75) is 387 Å². The molecular weight excluding hydrogens is 1460 g/mol. The number of phosphoric ester groups is 2. The van der Waals surface area contributed by atoms with E-state index in [1.807, 2.05) is 0 Å². The molecule has 0 aromatic heterocycles. The number of nitrogens with one attached hydrogen (secondary N) is 4. The second kappa shape index (κ2) is 79.9. The Bertz CT molecular complexity index is 2400. The zero-order valence-electron chi connectivity index (χ0n) is 71.6. The number of allylic oxidation sites excluding steroid dienone is 4. The molecule has 0 radical (unpaired) electrons. The minimum atomic E-state index is -4.82. The van der Waals surface area contributed by atoms with Crippen molar-refractivity contribution in [2.75, 3.05) is 65.9 Å². The molecule has 0 spiro atoms. The molecule has 0 aromatic rings. The number of carbonyl (C=O) groups is 7. The topological polar surface area (TPSA) is 336 Å². The van der Waals surface area contributed by atoms with Crippen molar-refractivity contribution in [1.82, 2.24) is 21.3 Å². The maximum Gasteiger partial charge on any atom is 1.00 e. The summed E-state index contributed by atoms with van der Waals surface area (Å²) in [6, 6.07) is -1.96. The molecule has 0 aliphatic heterocycles. The summed E-state index contributed by atoms with van der Waals surface area (Å²) in [7, 11) is -9.64. The zero-order valence-corrected chi connectivity index (χ0v) is 75.4. The zero-order chi connectivity index (χ0) is 79.0. The van der Waals surface area contributed by atoms with Crippen LogP contribution in [-0.2, 0) is 79.7 Å². The van der Waals surface area contributed by atoms with Crippen molar-refractivity contribution in [3.63, 3.8) is 0 Å². The first-order valence-corrected chi connectivity index (χ1v) is 45.1. The number of carbonyl (C=O) groups excluding carboxylic acids is 7. The van der Waals surface area contributed by atoms with Crippen LogP contribution in [0.15, 0.2) is 24.3 Å². The molecule has 7 N–H and O–H groups in total. The second-order valence-electron chi connectivity index (χ2n) is 28.7. The fourth-order valence-electron chi connectivity index (χ4n) is 11.8. The van der Waals surface area contributed by atoms with Crippen LogP contribution in [0.3, 0.4) is 0 Å². The van der Waals surface area contributed by atoms with E-state index < -0.39 is 109 Å². The van der Waals surface area contributed by atoms with Crippen LogP contribution in [0.25, 0.3) is 0 Å². The van der Waals surface area contributed by atoms with E-state index in [9.17, 15) is 57.6 Å². The SMILES string of the molecule is CCCCCC/C=C\CCCC(=O)O[C@H](CCCCCCC)CCOCC(COP(=O)(O)OCCNC(=O)CC(=O)NCCOP(=O)(O)OCC(COCC[C@H](O)CCCCCCC)NC(=O)C[C@@H](CCCCCCC)OC(=O)CCC/C=C/CCCCCC)NC(=O)CC(=O)CCCCCCCCCCC.[H-].[H-].[Na+].[Na+]. The number of unbranched alkanes of at least 4 members (excludes halogenated alkanes) is 30. The van der Waals surface area contributed by atoms with Crippen molar-refractivity contribution in [1.29, 1.82) is 0 Å². The van der Waals surface area contributed by atoms with Gasteiger partial charge >= 0.3 is 86.7 Å². The van der Waals surface area contributed by atoms with Crippen LogP contribution in [0, 0.1) is 0 Å². The Morgan fingerprint density at radius 3 is 1.17 bits per heavy atom. The molecule has 0 saturated heterocycles. The van der Waals surface area contributed by atoms with Crippen LogP contribution in [0.4, 0.5) is 0 Å². The molecule has 0 bridgehead atoms. The van der Waals surface area contributed by atoms with Crippen LogP contribution in [0.5, 0.6) is 0 Å². The summed E-state index contributed by atoms with van der Waals surface area (Å²) in [5.74, 6) is -3.57. The Morgan fingerprint density at radius 1 is 0.367 bits per heavy atom. The van der Waals surface area contributed by atoms with Gasteiger partial charge in [0.05, 0.1) is 77.3 Å². The maximum atomic E-state index is 13.7. The van der Waals surface area contributed by atoms with Gasteiger partial charge in [-0.2, -0.15) is 0 Å². The molecule has 0 saturated carbocycles. The van der Waals surface area contributed by atoms with Gasteiger partial charge in [0.15, 0.2) is 0 Å². The molecule has 630 valence electrons. The standard InChI is InChI=1S/C81H152N4O20P2.2Na.2H/c1-7-13-19-25-28-31-34-40-44-50-73(87)63-78(90)84-70(67-99-60-56-74(51-45-38-23-17-11-5)104-80(92)53-47-41-35-32-29-26-20-14-8-2)68-102-106(94,95)100-61-57-82-76(88)65-77(89)83-58-62-101-107(96,97)103-69-71(66-98-59-55-72(86)49-43-37-22-16-10-4)85-79(91)64-75(52-46-39-24-18-12-6)105-81(93)54-48-42-36-33-30-27-21-15-9-3;;;;/h32-33,35-36,70-72,74-75,86H,7-31,34,37-69H2,1-6H3,(H,82,88)(H,83,89)(H,84,90)(H,85,91)(H,94,95)(H,96,97);;;;/q;2*+1;2*-1/b35-32-,36-33+;;;;/t70?,71?,72-,74-,75-;;;;/m1..../s1. The van der Waals surface area contributed by atoms with Gasteiger partial charge in [-0.3, -0.25) is 51.7 Å². The van der Waals surface area contributed by atoms with Crippen molar-refractivity contribution in [3.05, 3.63) is 24.3 Å². The van der Waals surface area contributed by atoms with E-state index in [2.05, 4.69) is 87.1 Å². The summed E-state index contributed by atoms with van der Waals surface area (Å²) in [4.78, 5) is 113. The smallest absolute Gasteiger partial charge is 1.00 e. The number of Topliss-reactive ketones (excluding diaryl/α,β-unsaturated/α-hetero) is 1.